The van der Waals surface area contributed by atoms with Crippen LogP contribution in [0.1, 0.15) is 24.2 Å². The van der Waals surface area contributed by atoms with Gasteiger partial charge in [0.1, 0.15) is 11.7 Å². The number of carbonyl (C=O) groups is 1. The molecule has 92 valence electrons. The number of aliphatic carboxylic acids is 1. The summed E-state index contributed by atoms with van der Waals surface area (Å²) >= 11 is 0. The molecule has 0 aliphatic heterocycles. The van der Waals surface area contributed by atoms with E-state index in [2.05, 4.69) is 9.97 Å². The monoisotopic (exact) mass is 242 g/mol. The molecule has 1 aromatic carbocycles. The van der Waals surface area contributed by atoms with Crippen molar-refractivity contribution in [3.63, 3.8) is 0 Å². The third-order valence-electron chi connectivity index (χ3n) is 2.78. The Balaban J connectivity index is 2.38. The van der Waals surface area contributed by atoms with Gasteiger partial charge in [-0.3, -0.25) is 4.79 Å². The fourth-order valence-electron chi connectivity index (χ4n) is 1.58. The Morgan fingerprint density at radius 3 is 2.50 bits per heavy atom. The lowest BCUT2D eigenvalue weighted by molar-refractivity contribution is -0.138. The van der Waals surface area contributed by atoms with E-state index >= 15 is 0 Å². The Kier molecular flexibility index (Phi) is 3.37. The predicted molar refractivity (Wildman–Crippen MR) is 68.3 cm³/mol. The van der Waals surface area contributed by atoms with Gasteiger partial charge in [0, 0.05) is 11.8 Å². The van der Waals surface area contributed by atoms with Crippen LogP contribution in [0, 0.1) is 6.92 Å². The molecule has 2 rings (SSSR count). The first-order valence-corrected chi connectivity index (χ1v) is 5.70. The lowest BCUT2D eigenvalue weighted by Gasteiger charge is -2.07. The molecule has 4 heteroatoms. The molecule has 1 atom stereocenters. The smallest absolute Gasteiger partial charge is 0.313 e. The maximum atomic E-state index is 10.9. The normalized spacial score (nSPS) is 12.1. The molecule has 1 aromatic heterocycles. The summed E-state index contributed by atoms with van der Waals surface area (Å²) in [5, 5.41) is 8.95. The van der Waals surface area contributed by atoms with Gasteiger partial charge < -0.3 is 5.11 Å². The number of aromatic nitrogens is 2. The molecule has 0 saturated carbocycles. The third kappa shape index (κ3) is 2.53. The molecule has 18 heavy (non-hydrogen) atoms. The van der Waals surface area contributed by atoms with E-state index in [1.807, 2.05) is 31.2 Å². The van der Waals surface area contributed by atoms with Crippen LogP contribution in [0.15, 0.2) is 36.5 Å². The lowest BCUT2D eigenvalue weighted by Crippen LogP contribution is -2.11. The minimum atomic E-state index is -0.920. The number of carboxylic acids is 1. The van der Waals surface area contributed by atoms with Crippen molar-refractivity contribution in [1.82, 2.24) is 9.97 Å². The second-order valence-electron chi connectivity index (χ2n) is 4.23. The van der Waals surface area contributed by atoms with E-state index in [1.165, 1.54) is 5.56 Å². The Labute approximate surface area is 105 Å². The van der Waals surface area contributed by atoms with Crippen LogP contribution in [-0.2, 0) is 4.79 Å². The molecular formula is C14H14N2O2. The van der Waals surface area contributed by atoms with Crippen molar-refractivity contribution in [3.8, 4) is 11.3 Å². The largest absolute Gasteiger partial charge is 0.481 e. The van der Waals surface area contributed by atoms with Crippen LogP contribution < -0.4 is 0 Å². The highest BCUT2D eigenvalue weighted by Crippen LogP contribution is 2.19. The summed E-state index contributed by atoms with van der Waals surface area (Å²) in [6.45, 7) is 3.60. The highest BCUT2D eigenvalue weighted by atomic mass is 16.4. The molecule has 0 amide bonds. The molecule has 4 nitrogen and oxygen atoms in total. The maximum Gasteiger partial charge on any atom is 0.313 e. The van der Waals surface area contributed by atoms with Crippen LogP contribution in [0.3, 0.4) is 0 Å². The van der Waals surface area contributed by atoms with Crippen molar-refractivity contribution < 1.29 is 9.90 Å². The number of nitrogens with zero attached hydrogens (tertiary/aromatic N) is 2. The van der Waals surface area contributed by atoms with Crippen molar-refractivity contribution in [2.24, 2.45) is 0 Å². The second kappa shape index (κ2) is 4.96. The molecule has 1 heterocycles. The summed E-state index contributed by atoms with van der Waals surface area (Å²) in [4.78, 5) is 19.2. The van der Waals surface area contributed by atoms with Gasteiger partial charge in [0.25, 0.3) is 0 Å². The zero-order valence-electron chi connectivity index (χ0n) is 10.3. The number of benzene rings is 1. The average Bonchev–Trinajstić information content (AvgIpc) is 2.38. The molecular weight excluding hydrogens is 228 g/mol. The number of hydrogen-bond acceptors (Lipinski definition) is 3. The standard InChI is InChI=1S/C14H14N2O2/c1-9-3-5-11(6-4-9)12-7-8-15-13(16-12)10(2)14(17)18/h3-8,10H,1-2H3,(H,17,18). The van der Waals surface area contributed by atoms with Crippen molar-refractivity contribution >= 4 is 5.97 Å². The summed E-state index contributed by atoms with van der Waals surface area (Å²) in [7, 11) is 0. The highest BCUT2D eigenvalue weighted by Gasteiger charge is 2.17. The van der Waals surface area contributed by atoms with Crippen LogP contribution in [0.25, 0.3) is 11.3 Å². The fraction of sp³-hybridized carbons (Fsp3) is 0.214. The van der Waals surface area contributed by atoms with Crippen LogP contribution >= 0.6 is 0 Å². The van der Waals surface area contributed by atoms with Crippen LogP contribution in [0.2, 0.25) is 0 Å². The molecule has 0 radical (unpaired) electrons. The molecule has 0 aliphatic rings. The SMILES string of the molecule is Cc1ccc(-c2ccnc(C(C)C(=O)O)n2)cc1. The van der Waals surface area contributed by atoms with Crippen LogP contribution in [-0.4, -0.2) is 21.0 Å². The third-order valence-corrected chi connectivity index (χ3v) is 2.78. The number of carboxylic acid groups (broad SMARTS) is 1. The number of rotatable bonds is 3. The summed E-state index contributed by atoms with van der Waals surface area (Å²) in [6, 6.07) is 9.71. The number of aryl methyl sites for hydroxylation is 1. The molecule has 0 bridgehead atoms. The van der Waals surface area contributed by atoms with Crippen molar-refractivity contribution in [1.29, 1.82) is 0 Å². The van der Waals surface area contributed by atoms with Gasteiger partial charge in [-0.2, -0.15) is 0 Å². The Bertz CT molecular complexity index is 564. The van der Waals surface area contributed by atoms with Crippen molar-refractivity contribution in [3.05, 3.63) is 47.9 Å². The Morgan fingerprint density at radius 1 is 1.22 bits per heavy atom. The van der Waals surface area contributed by atoms with Crippen LogP contribution in [0.4, 0.5) is 0 Å². The molecule has 0 aliphatic carbocycles. The van der Waals surface area contributed by atoms with E-state index in [-0.39, 0.29) is 0 Å². The number of hydrogen-bond donors (Lipinski definition) is 1. The van der Waals surface area contributed by atoms with Gasteiger partial charge >= 0.3 is 5.97 Å². The van der Waals surface area contributed by atoms with Gasteiger partial charge in [-0.1, -0.05) is 29.8 Å². The second-order valence-corrected chi connectivity index (χ2v) is 4.23. The van der Waals surface area contributed by atoms with Crippen molar-refractivity contribution in [2.45, 2.75) is 19.8 Å². The Morgan fingerprint density at radius 2 is 1.89 bits per heavy atom. The summed E-state index contributed by atoms with van der Waals surface area (Å²) in [5.74, 6) is -1.29. The predicted octanol–water partition coefficient (Wildman–Crippen LogP) is 2.64. The van der Waals surface area contributed by atoms with Gasteiger partial charge in [0.05, 0.1) is 5.69 Å². The summed E-state index contributed by atoms with van der Waals surface area (Å²) < 4.78 is 0. The average molecular weight is 242 g/mol. The molecule has 1 unspecified atom stereocenters. The molecule has 2 aromatic rings. The summed E-state index contributed by atoms with van der Waals surface area (Å²) in [6.07, 6.45) is 1.59. The van der Waals surface area contributed by atoms with Gasteiger partial charge in [0.2, 0.25) is 0 Å². The topological polar surface area (TPSA) is 63.1 Å². The molecule has 1 N–H and O–H groups in total. The first-order valence-electron chi connectivity index (χ1n) is 5.70. The maximum absolute atomic E-state index is 10.9. The minimum Gasteiger partial charge on any atom is -0.481 e. The van der Waals surface area contributed by atoms with Gasteiger partial charge in [-0.15, -0.1) is 0 Å². The highest BCUT2D eigenvalue weighted by molar-refractivity contribution is 5.74. The Hall–Kier alpha value is -2.23. The lowest BCUT2D eigenvalue weighted by atomic mass is 10.1. The molecule has 0 saturated heterocycles. The zero-order valence-corrected chi connectivity index (χ0v) is 10.3. The molecule has 0 fully saturated rings. The van der Waals surface area contributed by atoms with E-state index in [0.29, 0.717) is 5.82 Å². The molecule has 0 spiro atoms. The van der Waals surface area contributed by atoms with Crippen molar-refractivity contribution in [2.75, 3.05) is 0 Å². The fourth-order valence-corrected chi connectivity index (χ4v) is 1.58. The van der Waals surface area contributed by atoms with E-state index in [4.69, 9.17) is 5.11 Å². The van der Waals surface area contributed by atoms with Gasteiger partial charge in [0.15, 0.2) is 0 Å². The van der Waals surface area contributed by atoms with E-state index in [9.17, 15) is 4.79 Å². The minimum absolute atomic E-state index is 0.334. The summed E-state index contributed by atoms with van der Waals surface area (Å²) in [5.41, 5.74) is 2.88. The van der Waals surface area contributed by atoms with E-state index in [1.54, 1.807) is 19.2 Å². The van der Waals surface area contributed by atoms with E-state index < -0.39 is 11.9 Å². The van der Waals surface area contributed by atoms with E-state index in [0.717, 1.165) is 11.3 Å². The quantitative estimate of drug-likeness (QED) is 0.898. The first-order chi connectivity index (χ1) is 8.58. The van der Waals surface area contributed by atoms with Gasteiger partial charge in [-0.05, 0) is 19.9 Å². The first kappa shape index (κ1) is 12.2. The zero-order chi connectivity index (χ0) is 13.1. The van der Waals surface area contributed by atoms with Gasteiger partial charge in [-0.25, -0.2) is 9.97 Å². The van der Waals surface area contributed by atoms with Crippen LogP contribution in [0.5, 0.6) is 0 Å².